The lowest BCUT2D eigenvalue weighted by atomic mass is 10.0. The summed E-state index contributed by atoms with van der Waals surface area (Å²) < 4.78 is 13.2. The summed E-state index contributed by atoms with van der Waals surface area (Å²) in [7, 11) is 0. The van der Waals surface area contributed by atoms with Gasteiger partial charge in [-0.25, -0.2) is 4.39 Å². The Morgan fingerprint density at radius 1 is 1.00 bits per heavy atom. The summed E-state index contributed by atoms with van der Waals surface area (Å²) in [5.74, 6) is -0.204. The number of aliphatic hydroxyl groups is 1. The fourth-order valence-electron chi connectivity index (χ4n) is 4.09. The van der Waals surface area contributed by atoms with Crippen molar-refractivity contribution in [1.29, 1.82) is 0 Å². The Bertz CT molecular complexity index is 910. The lowest BCUT2D eigenvalue weighted by molar-refractivity contribution is 0.0501. The van der Waals surface area contributed by atoms with Crippen LogP contribution in [0.1, 0.15) is 17.5 Å². The molecule has 4 nitrogen and oxygen atoms in total. The molecule has 1 aliphatic heterocycles. The number of aliphatic hydroxyl groups excluding tert-OH is 1. The van der Waals surface area contributed by atoms with Crippen LogP contribution in [0.5, 0.6) is 0 Å². The van der Waals surface area contributed by atoms with E-state index < -0.39 is 0 Å². The van der Waals surface area contributed by atoms with Gasteiger partial charge in [-0.05, 0) is 35.7 Å². The number of hydrogen-bond donors (Lipinski definition) is 1. The van der Waals surface area contributed by atoms with Gasteiger partial charge in [0.15, 0.2) is 0 Å². The van der Waals surface area contributed by atoms with Crippen molar-refractivity contribution in [3.05, 3.63) is 77.7 Å². The number of para-hydroxylation sites is 1. The Morgan fingerprint density at radius 2 is 1.82 bits per heavy atom. The highest BCUT2D eigenvalue weighted by molar-refractivity contribution is 5.81. The number of nitrogens with zero attached hydrogens (tertiary/aromatic N) is 3. The second-order valence-electron chi connectivity index (χ2n) is 7.49. The van der Waals surface area contributed by atoms with Crippen LogP contribution >= 0.6 is 0 Å². The van der Waals surface area contributed by atoms with Gasteiger partial charge >= 0.3 is 0 Å². The van der Waals surface area contributed by atoms with E-state index in [4.69, 9.17) is 0 Å². The molecule has 146 valence electrons. The molecule has 2 heterocycles. The SMILES string of the molecule is OCCC1CN(Cc2cccc3cccnc23)CCN1Cc1ccc(F)cc1. The average Bonchev–Trinajstić information content (AvgIpc) is 2.72. The van der Waals surface area contributed by atoms with Gasteiger partial charge in [-0.3, -0.25) is 14.8 Å². The molecule has 1 unspecified atom stereocenters. The van der Waals surface area contributed by atoms with Crippen LogP contribution in [0.2, 0.25) is 0 Å². The van der Waals surface area contributed by atoms with Crippen molar-refractivity contribution in [3.63, 3.8) is 0 Å². The monoisotopic (exact) mass is 379 g/mol. The molecule has 1 atom stereocenters. The van der Waals surface area contributed by atoms with Crippen LogP contribution in [0, 0.1) is 5.82 Å². The fourth-order valence-corrected chi connectivity index (χ4v) is 4.09. The van der Waals surface area contributed by atoms with Gasteiger partial charge in [0.05, 0.1) is 5.52 Å². The number of fused-ring (bicyclic) bond motifs is 1. The minimum Gasteiger partial charge on any atom is -0.396 e. The Labute approximate surface area is 165 Å². The fraction of sp³-hybridized carbons (Fsp3) is 0.348. The topological polar surface area (TPSA) is 39.6 Å². The van der Waals surface area contributed by atoms with Gasteiger partial charge in [-0.1, -0.05) is 36.4 Å². The molecule has 0 bridgehead atoms. The van der Waals surface area contributed by atoms with Gasteiger partial charge in [0, 0.05) is 57.0 Å². The quantitative estimate of drug-likeness (QED) is 0.712. The molecule has 1 fully saturated rings. The molecule has 0 radical (unpaired) electrons. The molecule has 0 spiro atoms. The Balaban J connectivity index is 1.45. The second kappa shape index (κ2) is 8.78. The molecular formula is C23H26FN3O. The van der Waals surface area contributed by atoms with E-state index in [2.05, 4.69) is 39.0 Å². The van der Waals surface area contributed by atoms with E-state index in [-0.39, 0.29) is 18.5 Å². The van der Waals surface area contributed by atoms with Crippen LogP contribution in [-0.2, 0) is 13.1 Å². The maximum Gasteiger partial charge on any atom is 0.123 e. The van der Waals surface area contributed by atoms with Gasteiger partial charge in [0.25, 0.3) is 0 Å². The summed E-state index contributed by atoms with van der Waals surface area (Å²) >= 11 is 0. The molecule has 0 saturated carbocycles. The van der Waals surface area contributed by atoms with E-state index in [1.807, 2.05) is 24.4 Å². The van der Waals surface area contributed by atoms with Crippen LogP contribution in [0.4, 0.5) is 4.39 Å². The first-order valence-electron chi connectivity index (χ1n) is 9.87. The van der Waals surface area contributed by atoms with E-state index in [9.17, 15) is 9.50 Å². The van der Waals surface area contributed by atoms with Crippen molar-refractivity contribution in [1.82, 2.24) is 14.8 Å². The van der Waals surface area contributed by atoms with Crippen LogP contribution < -0.4 is 0 Å². The van der Waals surface area contributed by atoms with Crippen molar-refractivity contribution >= 4 is 10.9 Å². The second-order valence-corrected chi connectivity index (χ2v) is 7.49. The van der Waals surface area contributed by atoms with Crippen LogP contribution in [0.15, 0.2) is 60.8 Å². The van der Waals surface area contributed by atoms with Crippen LogP contribution in [-0.4, -0.2) is 52.2 Å². The highest BCUT2D eigenvalue weighted by Gasteiger charge is 2.27. The molecule has 1 aromatic heterocycles. The number of halogens is 1. The van der Waals surface area contributed by atoms with Crippen molar-refractivity contribution in [2.24, 2.45) is 0 Å². The molecule has 2 aromatic carbocycles. The maximum absolute atomic E-state index is 13.2. The summed E-state index contributed by atoms with van der Waals surface area (Å²) in [5, 5.41) is 10.7. The first kappa shape index (κ1) is 19.0. The molecule has 5 heteroatoms. The average molecular weight is 379 g/mol. The normalized spacial score (nSPS) is 18.6. The molecule has 1 aliphatic rings. The minimum atomic E-state index is -0.204. The van der Waals surface area contributed by atoms with Gasteiger partial charge < -0.3 is 5.11 Å². The first-order valence-corrected chi connectivity index (χ1v) is 9.87. The summed E-state index contributed by atoms with van der Waals surface area (Å²) in [4.78, 5) is 9.43. The number of aromatic nitrogens is 1. The Hall–Kier alpha value is -2.34. The lowest BCUT2D eigenvalue weighted by Gasteiger charge is -2.41. The van der Waals surface area contributed by atoms with Crippen molar-refractivity contribution in [2.45, 2.75) is 25.6 Å². The zero-order valence-corrected chi connectivity index (χ0v) is 16.0. The van der Waals surface area contributed by atoms with Crippen molar-refractivity contribution < 1.29 is 9.50 Å². The maximum atomic E-state index is 13.2. The predicted octanol–water partition coefficient (Wildman–Crippen LogP) is 3.44. The van der Waals surface area contributed by atoms with Gasteiger partial charge in [-0.2, -0.15) is 0 Å². The predicted molar refractivity (Wildman–Crippen MR) is 109 cm³/mol. The highest BCUT2D eigenvalue weighted by atomic mass is 19.1. The molecule has 0 amide bonds. The zero-order valence-electron chi connectivity index (χ0n) is 16.0. The third-order valence-corrected chi connectivity index (χ3v) is 5.56. The van der Waals surface area contributed by atoms with E-state index in [0.717, 1.165) is 50.2 Å². The number of rotatable bonds is 6. The minimum absolute atomic E-state index is 0.175. The smallest absolute Gasteiger partial charge is 0.123 e. The van der Waals surface area contributed by atoms with Gasteiger partial charge in [-0.15, -0.1) is 0 Å². The van der Waals surface area contributed by atoms with Crippen LogP contribution in [0.25, 0.3) is 10.9 Å². The Morgan fingerprint density at radius 3 is 2.64 bits per heavy atom. The molecule has 0 aliphatic carbocycles. The molecular weight excluding hydrogens is 353 g/mol. The standard InChI is InChI=1S/C23H26FN3O/c24-21-8-6-18(7-9-21)15-27-13-12-26(17-22(27)10-14-28)16-20-4-1-3-19-5-2-11-25-23(19)20/h1-9,11,22,28H,10,12-17H2. The third kappa shape index (κ3) is 4.38. The van der Waals surface area contributed by atoms with Gasteiger partial charge in [0.1, 0.15) is 5.82 Å². The highest BCUT2D eigenvalue weighted by Crippen LogP contribution is 2.22. The first-order chi connectivity index (χ1) is 13.7. The number of benzene rings is 2. The number of hydrogen-bond acceptors (Lipinski definition) is 4. The third-order valence-electron chi connectivity index (χ3n) is 5.56. The summed E-state index contributed by atoms with van der Waals surface area (Å²) in [6.07, 6.45) is 2.59. The summed E-state index contributed by atoms with van der Waals surface area (Å²) in [6.45, 7) is 4.63. The van der Waals surface area contributed by atoms with E-state index in [0.29, 0.717) is 0 Å². The lowest BCUT2D eigenvalue weighted by Crippen LogP contribution is -2.52. The van der Waals surface area contributed by atoms with E-state index in [1.165, 1.54) is 23.1 Å². The van der Waals surface area contributed by atoms with Crippen LogP contribution in [0.3, 0.4) is 0 Å². The molecule has 4 rings (SSSR count). The molecule has 1 saturated heterocycles. The Kier molecular flexibility index (Phi) is 5.95. The van der Waals surface area contributed by atoms with E-state index >= 15 is 0 Å². The van der Waals surface area contributed by atoms with Crippen molar-refractivity contribution in [2.75, 3.05) is 26.2 Å². The van der Waals surface area contributed by atoms with E-state index in [1.54, 1.807) is 0 Å². The zero-order chi connectivity index (χ0) is 19.3. The number of pyridine rings is 1. The summed E-state index contributed by atoms with van der Waals surface area (Å²) in [5.41, 5.74) is 3.42. The number of piperazine rings is 1. The molecule has 28 heavy (non-hydrogen) atoms. The largest absolute Gasteiger partial charge is 0.396 e. The molecule has 1 N–H and O–H groups in total. The molecule has 3 aromatic rings. The van der Waals surface area contributed by atoms with Gasteiger partial charge in [0.2, 0.25) is 0 Å². The van der Waals surface area contributed by atoms with Crippen molar-refractivity contribution in [3.8, 4) is 0 Å². The summed E-state index contributed by atoms with van der Waals surface area (Å²) in [6, 6.07) is 17.4.